The molecule has 0 bridgehead atoms. The van der Waals surface area contributed by atoms with Crippen molar-refractivity contribution in [1.82, 2.24) is 4.90 Å². The first-order chi connectivity index (χ1) is 10.7. The third-order valence-electron chi connectivity index (χ3n) is 3.41. The number of carbonyl (C=O) groups is 2. The highest BCUT2D eigenvalue weighted by Gasteiger charge is 2.18. The maximum absolute atomic E-state index is 11.8. The topological polar surface area (TPSA) is 65.1 Å². The number of carbonyl (C=O) groups excluding carboxylic acids is 2. The highest BCUT2D eigenvalue weighted by Crippen LogP contribution is 2.12. The van der Waals surface area contributed by atoms with Crippen LogP contribution in [0.5, 0.6) is 5.75 Å². The van der Waals surface area contributed by atoms with Gasteiger partial charge in [0.15, 0.2) is 13.2 Å². The van der Waals surface area contributed by atoms with Crippen LogP contribution in [0.2, 0.25) is 0 Å². The van der Waals surface area contributed by atoms with Crippen molar-refractivity contribution < 1.29 is 23.8 Å². The van der Waals surface area contributed by atoms with Gasteiger partial charge in [-0.05, 0) is 24.1 Å². The Labute approximate surface area is 129 Å². The number of morpholine rings is 1. The molecule has 2 rings (SSSR count). The quantitative estimate of drug-likeness (QED) is 0.735. The van der Waals surface area contributed by atoms with E-state index in [9.17, 15) is 9.59 Å². The van der Waals surface area contributed by atoms with Gasteiger partial charge in [0.1, 0.15) is 5.75 Å². The third kappa shape index (κ3) is 5.04. The molecule has 1 aromatic rings. The molecule has 0 aromatic heterocycles. The summed E-state index contributed by atoms with van der Waals surface area (Å²) in [5.41, 5.74) is 1.20. The molecule has 1 saturated heterocycles. The summed E-state index contributed by atoms with van der Waals surface area (Å²) in [4.78, 5) is 25.0. The van der Waals surface area contributed by atoms with Crippen molar-refractivity contribution in [2.45, 2.75) is 13.3 Å². The highest BCUT2D eigenvalue weighted by molar-refractivity contribution is 5.81. The van der Waals surface area contributed by atoms with E-state index in [2.05, 4.69) is 6.92 Å². The number of amides is 1. The second-order valence-electron chi connectivity index (χ2n) is 4.94. The molecule has 0 N–H and O–H groups in total. The fraction of sp³-hybridized carbons (Fsp3) is 0.500. The summed E-state index contributed by atoms with van der Waals surface area (Å²) < 4.78 is 15.4. The van der Waals surface area contributed by atoms with Crippen LogP contribution in [0.3, 0.4) is 0 Å². The Morgan fingerprint density at radius 3 is 2.45 bits per heavy atom. The van der Waals surface area contributed by atoms with Gasteiger partial charge >= 0.3 is 5.97 Å². The Hall–Kier alpha value is -2.08. The summed E-state index contributed by atoms with van der Waals surface area (Å²) in [5.74, 6) is -0.154. The number of hydrogen-bond donors (Lipinski definition) is 0. The molecule has 0 aliphatic carbocycles. The number of esters is 1. The molecule has 22 heavy (non-hydrogen) atoms. The standard InChI is InChI=1S/C16H21NO5/c1-2-13-3-5-14(6-4-13)21-12-16(19)22-11-15(18)17-7-9-20-10-8-17/h3-6H,2,7-12H2,1H3. The highest BCUT2D eigenvalue weighted by atomic mass is 16.6. The lowest BCUT2D eigenvalue weighted by Gasteiger charge is -2.26. The molecule has 1 aliphatic heterocycles. The Kier molecular flexibility index (Phi) is 6.21. The van der Waals surface area contributed by atoms with E-state index in [0.29, 0.717) is 32.1 Å². The van der Waals surface area contributed by atoms with E-state index in [1.165, 1.54) is 5.56 Å². The van der Waals surface area contributed by atoms with Crippen LogP contribution < -0.4 is 4.74 Å². The van der Waals surface area contributed by atoms with Crippen molar-refractivity contribution in [3.8, 4) is 5.75 Å². The zero-order valence-corrected chi connectivity index (χ0v) is 12.7. The van der Waals surface area contributed by atoms with Crippen molar-refractivity contribution >= 4 is 11.9 Å². The predicted octanol–water partition coefficient (Wildman–Crippen LogP) is 1.03. The normalized spacial score (nSPS) is 14.5. The van der Waals surface area contributed by atoms with Gasteiger partial charge in [-0.15, -0.1) is 0 Å². The maximum Gasteiger partial charge on any atom is 0.344 e. The lowest BCUT2D eigenvalue weighted by Crippen LogP contribution is -2.42. The van der Waals surface area contributed by atoms with Crippen LogP contribution in [0, 0.1) is 0 Å². The van der Waals surface area contributed by atoms with E-state index in [-0.39, 0.29) is 19.1 Å². The van der Waals surface area contributed by atoms with E-state index in [1.54, 1.807) is 4.90 Å². The fourth-order valence-electron chi connectivity index (χ4n) is 2.05. The first kappa shape index (κ1) is 16.3. The average molecular weight is 307 g/mol. The number of aryl methyl sites for hydroxylation is 1. The van der Waals surface area contributed by atoms with Crippen molar-refractivity contribution in [3.63, 3.8) is 0 Å². The smallest absolute Gasteiger partial charge is 0.344 e. The van der Waals surface area contributed by atoms with E-state index in [0.717, 1.165) is 6.42 Å². The maximum atomic E-state index is 11.8. The van der Waals surface area contributed by atoms with Crippen LogP contribution >= 0.6 is 0 Å². The van der Waals surface area contributed by atoms with Gasteiger partial charge in [-0.2, -0.15) is 0 Å². The molecule has 6 nitrogen and oxygen atoms in total. The SMILES string of the molecule is CCc1ccc(OCC(=O)OCC(=O)N2CCOCC2)cc1. The number of hydrogen-bond acceptors (Lipinski definition) is 5. The van der Waals surface area contributed by atoms with Gasteiger partial charge in [-0.3, -0.25) is 4.79 Å². The molecule has 0 unspecified atom stereocenters. The molecule has 1 fully saturated rings. The molecule has 1 aromatic carbocycles. The van der Waals surface area contributed by atoms with Crippen molar-refractivity contribution in [2.75, 3.05) is 39.5 Å². The number of rotatable bonds is 6. The molecule has 1 amide bonds. The van der Waals surface area contributed by atoms with Crippen LogP contribution in [-0.4, -0.2) is 56.3 Å². The Balaban J connectivity index is 1.67. The van der Waals surface area contributed by atoms with Gasteiger partial charge < -0.3 is 19.1 Å². The summed E-state index contributed by atoms with van der Waals surface area (Å²) in [6, 6.07) is 7.52. The summed E-state index contributed by atoms with van der Waals surface area (Å²) in [5, 5.41) is 0. The van der Waals surface area contributed by atoms with Crippen molar-refractivity contribution in [3.05, 3.63) is 29.8 Å². The lowest BCUT2D eigenvalue weighted by molar-refractivity contribution is -0.155. The summed E-state index contributed by atoms with van der Waals surface area (Å²) in [6.07, 6.45) is 0.950. The molecular weight excluding hydrogens is 286 g/mol. The van der Waals surface area contributed by atoms with Gasteiger partial charge in [0, 0.05) is 13.1 Å². The van der Waals surface area contributed by atoms with Gasteiger partial charge in [0.2, 0.25) is 0 Å². The zero-order valence-electron chi connectivity index (χ0n) is 12.7. The minimum absolute atomic E-state index is 0.205. The second-order valence-corrected chi connectivity index (χ2v) is 4.94. The average Bonchev–Trinajstić information content (AvgIpc) is 2.59. The van der Waals surface area contributed by atoms with Gasteiger partial charge in [0.05, 0.1) is 13.2 Å². The van der Waals surface area contributed by atoms with Gasteiger partial charge in [-0.25, -0.2) is 4.79 Å². The minimum atomic E-state index is -0.554. The first-order valence-corrected chi connectivity index (χ1v) is 7.42. The predicted molar refractivity (Wildman–Crippen MR) is 79.7 cm³/mol. The van der Waals surface area contributed by atoms with Crippen LogP contribution in [-0.2, 0) is 25.5 Å². The molecular formula is C16H21NO5. The van der Waals surface area contributed by atoms with Crippen LogP contribution in [0.4, 0.5) is 0 Å². The molecule has 0 saturated carbocycles. The molecule has 0 atom stereocenters. The molecule has 0 radical (unpaired) electrons. The van der Waals surface area contributed by atoms with E-state index >= 15 is 0 Å². The number of benzene rings is 1. The summed E-state index contributed by atoms with van der Waals surface area (Å²) in [7, 11) is 0. The van der Waals surface area contributed by atoms with Crippen LogP contribution in [0.1, 0.15) is 12.5 Å². The first-order valence-electron chi connectivity index (χ1n) is 7.42. The molecule has 0 spiro atoms. The van der Waals surface area contributed by atoms with Gasteiger partial charge in [-0.1, -0.05) is 19.1 Å². The second kappa shape index (κ2) is 8.38. The molecule has 120 valence electrons. The third-order valence-corrected chi connectivity index (χ3v) is 3.41. The Bertz CT molecular complexity index is 494. The Morgan fingerprint density at radius 1 is 1.14 bits per heavy atom. The van der Waals surface area contributed by atoms with E-state index in [1.807, 2.05) is 24.3 Å². The molecule has 6 heteroatoms. The van der Waals surface area contributed by atoms with Crippen LogP contribution in [0.15, 0.2) is 24.3 Å². The van der Waals surface area contributed by atoms with Crippen molar-refractivity contribution in [1.29, 1.82) is 0 Å². The monoisotopic (exact) mass is 307 g/mol. The summed E-state index contributed by atoms with van der Waals surface area (Å²) in [6.45, 7) is 3.73. The largest absolute Gasteiger partial charge is 0.482 e. The minimum Gasteiger partial charge on any atom is -0.482 e. The van der Waals surface area contributed by atoms with Crippen LogP contribution in [0.25, 0.3) is 0 Å². The molecule has 1 aliphatic rings. The fourth-order valence-corrected chi connectivity index (χ4v) is 2.05. The lowest BCUT2D eigenvalue weighted by atomic mass is 10.2. The zero-order chi connectivity index (χ0) is 15.8. The van der Waals surface area contributed by atoms with Gasteiger partial charge in [0.25, 0.3) is 5.91 Å². The number of nitrogens with zero attached hydrogens (tertiary/aromatic N) is 1. The van der Waals surface area contributed by atoms with Crippen molar-refractivity contribution in [2.24, 2.45) is 0 Å². The van der Waals surface area contributed by atoms with E-state index in [4.69, 9.17) is 14.2 Å². The van der Waals surface area contributed by atoms with E-state index < -0.39 is 5.97 Å². The Morgan fingerprint density at radius 2 is 1.82 bits per heavy atom. The molecule has 1 heterocycles. The summed E-state index contributed by atoms with van der Waals surface area (Å²) >= 11 is 0. The number of ether oxygens (including phenoxy) is 3.